The summed E-state index contributed by atoms with van der Waals surface area (Å²) in [5.41, 5.74) is 3.26. The van der Waals surface area contributed by atoms with Gasteiger partial charge in [0.1, 0.15) is 11.5 Å². The molecular formula is C23H30N2O5. The van der Waals surface area contributed by atoms with Gasteiger partial charge in [0.25, 0.3) is 5.91 Å². The van der Waals surface area contributed by atoms with Crippen molar-refractivity contribution in [1.82, 2.24) is 9.47 Å². The number of ether oxygens (including phenoxy) is 3. The Morgan fingerprint density at radius 3 is 2.53 bits per heavy atom. The van der Waals surface area contributed by atoms with Crippen LogP contribution in [0.1, 0.15) is 53.1 Å². The number of rotatable bonds is 7. The van der Waals surface area contributed by atoms with Crippen LogP contribution in [0.25, 0.3) is 0 Å². The van der Waals surface area contributed by atoms with E-state index in [9.17, 15) is 9.59 Å². The molecule has 2 heterocycles. The summed E-state index contributed by atoms with van der Waals surface area (Å²) in [5, 5.41) is 0. The summed E-state index contributed by atoms with van der Waals surface area (Å²) in [6.07, 6.45) is 1.70. The van der Waals surface area contributed by atoms with Gasteiger partial charge in [-0.3, -0.25) is 4.79 Å². The fourth-order valence-electron chi connectivity index (χ4n) is 4.27. The second-order valence-corrected chi connectivity index (χ2v) is 7.46. The van der Waals surface area contributed by atoms with E-state index in [-0.39, 0.29) is 18.6 Å². The minimum absolute atomic E-state index is 0.133. The largest absolute Gasteiger partial charge is 0.497 e. The second-order valence-electron chi connectivity index (χ2n) is 7.46. The van der Waals surface area contributed by atoms with Crippen molar-refractivity contribution in [2.24, 2.45) is 0 Å². The third-order valence-electron chi connectivity index (χ3n) is 5.81. The van der Waals surface area contributed by atoms with Crippen LogP contribution in [0, 0.1) is 13.8 Å². The van der Waals surface area contributed by atoms with Crippen molar-refractivity contribution in [2.75, 3.05) is 27.4 Å². The Hall–Kier alpha value is -2.96. The van der Waals surface area contributed by atoms with Gasteiger partial charge in [-0.05, 0) is 57.9 Å². The first kappa shape index (κ1) is 21.7. The van der Waals surface area contributed by atoms with Crippen LogP contribution in [0.3, 0.4) is 0 Å². The van der Waals surface area contributed by atoms with Crippen LogP contribution in [-0.2, 0) is 16.1 Å². The fraction of sp³-hybridized carbons (Fsp3) is 0.478. The molecule has 1 aliphatic heterocycles. The van der Waals surface area contributed by atoms with E-state index in [0.29, 0.717) is 23.6 Å². The van der Waals surface area contributed by atoms with E-state index in [1.807, 2.05) is 49.6 Å². The standard InChI is InChI=1S/C23H30N2O5/c1-6-24-15(2)12-18(16(24)3)23(27)30-14-22(26)25-11-7-8-20(25)19-13-17(28-4)9-10-21(19)29-5/h9-10,12-13,20H,6-8,11,14H2,1-5H3/t20-/m0/s1. The van der Waals surface area contributed by atoms with Crippen LogP contribution in [0.5, 0.6) is 11.5 Å². The SMILES string of the molecule is CCn1c(C)cc(C(=O)OCC(=O)N2CCC[C@H]2c2cc(OC)ccc2OC)c1C. The molecule has 7 nitrogen and oxygen atoms in total. The molecule has 1 aliphatic rings. The fourth-order valence-corrected chi connectivity index (χ4v) is 4.27. The van der Waals surface area contributed by atoms with Gasteiger partial charge in [-0.25, -0.2) is 4.79 Å². The Labute approximate surface area is 177 Å². The zero-order valence-electron chi connectivity index (χ0n) is 18.4. The van der Waals surface area contributed by atoms with Crippen LogP contribution >= 0.6 is 0 Å². The van der Waals surface area contributed by atoms with E-state index in [4.69, 9.17) is 14.2 Å². The van der Waals surface area contributed by atoms with Crippen LogP contribution < -0.4 is 9.47 Å². The quantitative estimate of drug-likeness (QED) is 0.647. The van der Waals surface area contributed by atoms with Crippen molar-refractivity contribution in [3.05, 3.63) is 46.8 Å². The summed E-state index contributed by atoms with van der Waals surface area (Å²) >= 11 is 0. The van der Waals surface area contributed by atoms with Gasteiger partial charge in [0.05, 0.1) is 25.8 Å². The molecule has 0 spiro atoms. The van der Waals surface area contributed by atoms with Gasteiger partial charge in [0.15, 0.2) is 6.61 Å². The van der Waals surface area contributed by atoms with E-state index < -0.39 is 5.97 Å². The molecular weight excluding hydrogens is 384 g/mol. The number of hydrogen-bond donors (Lipinski definition) is 0. The van der Waals surface area contributed by atoms with Gasteiger partial charge >= 0.3 is 5.97 Å². The van der Waals surface area contributed by atoms with E-state index in [1.165, 1.54) is 0 Å². The first-order valence-electron chi connectivity index (χ1n) is 10.3. The molecule has 1 amide bonds. The number of hydrogen-bond acceptors (Lipinski definition) is 5. The summed E-state index contributed by atoms with van der Waals surface area (Å²) < 4.78 is 18.3. The van der Waals surface area contributed by atoms with E-state index in [1.54, 1.807) is 19.1 Å². The van der Waals surface area contributed by atoms with Crippen molar-refractivity contribution in [3.63, 3.8) is 0 Å². The van der Waals surface area contributed by atoms with Gasteiger partial charge in [-0.1, -0.05) is 0 Å². The maximum absolute atomic E-state index is 12.9. The van der Waals surface area contributed by atoms with E-state index in [0.717, 1.165) is 36.3 Å². The number of esters is 1. The van der Waals surface area contributed by atoms with Gasteiger partial charge in [-0.2, -0.15) is 0 Å². The molecule has 0 N–H and O–H groups in total. The maximum atomic E-state index is 12.9. The molecule has 2 aromatic rings. The number of methoxy groups -OCH3 is 2. The molecule has 7 heteroatoms. The van der Waals surface area contributed by atoms with Crippen LogP contribution in [0.4, 0.5) is 0 Å². The number of likely N-dealkylation sites (tertiary alicyclic amines) is 1. The molecule has 1 saturated heterocycles. The van der Waals surface area contributed by atoms with Gasteiger partial charge in [0, 0.05) is 30.0 Å². The Kier molecular flexibility index (Phi) is 6.70. The number of benzene rings is 1. The lowest BCUT2D eigenvalue weighted by Crippen LogP contribution is -2.34. The van der Waals surface area contributed by atoms with Gasteiger partial charge in [-0.15, -0.1) is 0 Å². The first-order valence-corrected chi connectivity index (χ1v) is 10.3. The third-order valence-corrected chi connectivity index (χ3v) is 5.81. The Bertz CT molecular complexity index is 934. The van der Waals surface area contributed by atoms with Crippen LogP contribution in [0.2, 0.25) is 0 Å². The zero-order chi connectivity index (χ0) is 21.8. The molecule has 1 aromatic heterocycles. The molecule has 3 rings (SSSR count). The summed E-state index contributed by atoms with van der Waals surface area (Å²) in [4.78, 5) is 27.2. The molecule has 1 atom stereocenters. The average Bonchev–Trinajstić information content (AvgIpc) is 3.35. The number of aryl methyl sites for hydroxylation is 1. The monoisotopic (exact) mass is 414 g/mol. The molecule has 30 heavy (non-hydrogen) atoms. The van der Waals surface area contributed by atoms with Crippen molar-refractivity contribution in [1.29, 1.82) is 0 Å². The second kappa shape index (κ2) is 9.24. The summed E-state index contributed by atoms with van der Waals surface area (Å²) in [6, 6.07) is 7.26. The van der Waals surface area contributed by atoms with Crippen molar-refractivity contribution in [3.8, 4) is 11.5 Å². The van der Waals surface area contributed by atoms with Gasteiger partial charge in [0.2, 0.25) is 0 Å². The number of aromatic nitrogens is 1. The predicted molar refractivity (Wildman–Crippen MR) is 113 cm³/mol. The number of carbonyl (C=O) groups is 2. The minimum atomic E-state index is -0.467. The summed E-state index contributed by atoms with van der Waals surface area (Å²) in [6.45, 7) is 6.99. The molecule has 0 radical (unpaired) electrons. The highest BCUT2D eigenvalue weighted by atomic mass is 16.5. The lowest BCUT2D eigenvalue weighted by Gasteiger charge is -2.26. The molecule has 0 unspecified atom stereocenters. The number of amides is 1. The minimum Gasteiger partial charge on any atom is -0.497 e. The molecule has 0 bridgehead atoms. The smallest absolute Gasteiger partial charge is 0.340 e. The number of nitrogens with zero attached hydrogens (tertiary/aromatic N) is 2. The Morgan fingerprint density at radius 2 is 1.90 bits per heavy atom. The predicted octanol–water partition coefficient (Wildman–Crippen LogP) is 3.66. The normalized spacial score (nSPS) is 15.9. The molecule has 1 fully saturated rings. The molecule has 162 valence electrons. The zero-order valence-corrected chi connectivity index (χ0v) is 18.4. The van der Waals surface area contributed by atoms with Crippen LogP contribution in [0.15, 0.2) is 24.3 Å². The summed E-state index contributed by atoms with van der Waals surface area (Å²) in [5.74, 6) is 0.748. The van der Waals surface area contributed by atoms with E-state index in [2.05, 4.69) is 0 Å². The highest BCUT2D eigenvalue weighted by molar-refractivity contribution is 5.92. The van der Waals surface area contributed by atoms with Crippen LogP contribution in [-0.4, -0.2) is 48.7 Å². The number of carbonyl (C=O) groups excluding carboxylic acids is 2. The lowest BCUT2D eigenvalue weighted by molar-refractivity contribution is -0.135. The molecule has 0 aliphatic carbocycles. The average molecular weight is 415 g/mol. The van der Waals surface area contributed by atoms with E-state index >= 15 is 0 Å². The Morgan fingerprint density at radius 1 is 1.13 bits per heavy atom. The maximum Gasteiger partial charge on any atom is 0.340 e. The first-order chi connectivity index (χ1) is 14.4. The van der Waals surface area contributed by atoms with Gasteiger partial charge < -0.3 is 23.7 Å². The highest BCUT2D eigenvalue weighted by Gasteiger charge is 2.33. The molecule has 1 aromatic carbocycles. The van der Waals surface area contributed by atoms with Crippen molar-refractivity contribution in [2.45, 2.75) is 46.2 Å². The highest BCUT2D eigenvalue weighted by Crippen LogP contribution is 2.38. The van der Waals surface area contributed by atoms with Crippen molar-refractivity contribution >= 4 is 11.9 Å². The Balaban J connectivity index is 1.72. The summed E-state index contributed by atoms with van der Waals surface area (Å²) in [7, 11) is 3.22. The lowest BCUT2D eigenvalue weighted by atomic mass is 10.0. The third kappa shape index (κ3) is 4.15. The van der Waals surface area contributed by atoms with Crippen molar-refractivity contribution < 1.29 is 23.8 Å². The topological polar surface area (TPSA) is 70.0 Å². The molecule has 0 saturated carbocycles.